The molecule has 6 heteroatoms. The van der Waals surface area contributed by atoms with Gasteiger partial charge in [0.25, 0.3) is 0 Å². The summed E-state index contributed by atoms with van der Waals surface area (Å²) < 4.78 is 2.06. The number of hydrogen-bond acceptors (Lipinski definition) is 3. The van der Waals surface area contributed by atoms with Gasteiger partial charge in [-0.1, -0.05) is 12.1 Å². The molecule has 0 spiro atoms. The molecule has 2 heterocycles. The molecule has 0 aliphatic carbocycles. The van der Waals surface area contributed by atoms with Crippen molar-refractivity contribution >= 4 is 28.7 Å². The van der Waals surface area contributed by atoms with Crippen LogP contribution in [0.15, 0.2) is 48.8 Å². The van der Waals surface area contributed by atoms with Gasteiger partial charge < -0.3 is 10.7 Å². The maximum atomic E-state index is 5.27. The highest BCUT2D eigenvalue weighted by Crippen LogP contribution is 2.24. The van der Waals surface area contributed by atoms with Gasteiger partial charge in [-0.3, -0.25) is 4.40 Å². The molecule has 0 bridgehead atoms. The Labute approximate surface area is 127 Å². The van der Waals surface area contributed by atoms with Gasteiger partial charge in [-0.2, -0.15) is 0 Å². The molecule has 0 saturated heterocycles. The van der Waals surface area contributed by atoms with E-state index in [4.69, 9.17) is 18.1 Å². The lowest BCUT2D eigenvalue weighted by Gasteiger charge is -2.08. The summed E-state index contributed by atoms with van der Waals surface area (Å²) in [7, 11) is 0. The minimum Gasteiger partial charge on any atom is -0.332 e. The molecule has 0 atom stereocenters. The first-order valence-electron chi connectivity index (χ1n) is 6.49. The van der Waals surface area contributed by atoms with Crippen LogP contribution in [0.2, 0.25) is 0 Å². The first-order chi connectivity index (χ1) is 10.2. The van der Waals surface area contributed by atoms with E-state index in [0.29, 0.717) is 5.11 Å². The molecule has 0 fully saturated rings. The molecule has 0 amide bonds. The number of pyridine rings is 1. The third-order valence-electron chi connectivity index (χ3n) is 3.22. The molecular weight excluding hydrogens is 282 g/mol. The van der Waals surface area contributed by atoms with E-state index in [9.17, 15) is 0 Å². The standard InChI is InChI=1S/C15H15N5S/c1-10-5-6-20-13(9-17-14(20)7-10)11-3-2-4-12(8-11)18-15(21)19-16/h2-9H,16H2,1H3,(H2,18,19,21). The van der Waals surface area contributed by atoms with E-state index in [1.807, 2.05) is 36.7 Å². The summed E-state index contributed by atoms with van der Waals surface area (Å²) in [5.41, 5.74) is 7.48. The number of nitrogens with two attached hydrogens (primary N) is 1. The summed E-state index contributed by atoms with van der Waals surface area (Å²) in [4.78, 5) is 4.45. The van der Waals surface area contributed by atoms with E-state index >= 15 is 0 Å². The molecule has 2 aromatic heterocycles. The number of benzene rings is 1. The minimum atomic E-state index is 0.376. The number of fused-ring (bicyclic) bond motifs is 1. The van der Waals surface area contributed by atoms with Crippen LogP contribution in [0.5, 0.6) is 0 Å². The fourth-order valence-corrected chi connectivity index (χ4v) is 2.34. The van der Waals surface area contributed by atoms with Crippen LogP contribution in [0.25, 0.3) is 16.9 Å². The van der Waals surface area contributed by atoms with Gasteiger partial charge in [-0.25, -0.2) is 10.8 Å². The largest absolute Gasteiger partial charge is 0.332 e. The van der Waals surface area contributed by atoms with Crippen molar-refractivity contribution in [1.82, 2.24) is 14.8 Å². The third kappa shape index (κ3) is 2.72. The van der Waals surface area contributed by atoms with Crippen LogP contribution < -0.4 is 16.6 Å². The molecule has 0 radical (unpaired) electrons. The van der Waals surface area contributed by atoms with Crippen LogP contribution in [-0.2, 0) is 0 Å². The fourth-order valence-electron chi connectivity index (χ4n) is 2.22. The zero-order chi connectivity index (χ0) is 14.8. The molecule has 106 valence electrons. The van der Waals surface area contributed by atoms with Gasteiger partial charge in [0.1, 0.15) is 5.65 Å². The van der Waals surface area contributed by atoms with E-state index in [1.54, 1.807) is 0 Å². The van der Waals surface area contributed by atoms with E-state index < -0.39 is 0 Å². The molecule has 0 unspecified atom stereocenters. The van der Waals surface area contributed by atoms with E-state index in [1.165, 1.54) is 5.56 Å². The smallest absolute Gasteiger partial charge is 0.185 e. The second-order valence-electron chi connectivity index (χ2n) is 4.75. The zero-order valence-corrected chi connectivity index (χ0v) is 12.3. The lowest BCUT2D eigenvalue weighted by atomic mass is 10.1. The van der Waals surface area contributed by atoms with Crippen molar-refractivity contribution in [2.24, 2.45) is 5.84 Å². The van der Waals surface area contributed by atoms with Crippen molar-refractivity contribution in [3.8, 4) is 11.3 Å². The predicted octanol–water partition coefficient (Wildman–Crippen LogP) is 2.47. The second-order valence-corrected chi connectivity index (χ2v) is 5.16. The number of anilines is 1. The van der Waals surface area contributed by atoms with Crippen LogP contribution >= 0.6 is 12.2 Å². The van der Waals surface area contributed by atoms with Gasteiger partial charge in [0.05, 0.1) is 11.9 Å². The lowest BCUT2D eigenvalue weighted by Crippen LogP contribution is -2.34. The fraction of sp³-hybridized carbons (Fsp3) is 0.0667. The molecule has 1 aromatic carbocycles. The molecule has 0 aliphatic rings. The van der Waals surface area contributed by atoms with Gasteiger partial charge in [0, 0.05) is 17.4 Å². The number of nitrogens with zero attached hydrogens (tertiary/aromatic N) is 2. The van der Waals surface area contributed by atoms with E-state index in [-0.39, 0.29) is 0 Å². The number of rotatable bonds is 2. The Balaban J connectivity index is 2.02. The van der Waals surface area contributed by atoms with Crippen molar-refractivity contribution < 1.29 is 0 Å². The number of thiocarbonyl (C=S) groups is 1. The van der Waals surface area contributed by atoms with E-state index in [2.05, 4.69) is 39.2 Å². The average Bonchev–Trinajstić information content (AvgIpc) is 2.90. The number of hydrogen-bond donors (Lipinski definition) is 3. The van der Waals surface area contributed by atoms with Crippen LogP contribution in [-0.4, -0.2) is 14.5 Å². The highest BCUT2D eigenvalue weighted by Gasteiger charge is 2.07. The molecule has 5 nitrogen and oxygen atoms in total. The summed E-state index contributed by atoms with van der Waals surface area (Å²) in [6.07, 6.45) is 3.90. The number of aryl methyl sites for hydroxylation is 1. The van der Waals surface area contributed by atoms with Gasteiger partial charge in [-0.15, -0.1) is 0 Å². The van der Waals surface area contributed by atoms with Gasteiger partial charge in [0.15, 0.2) is 5.11 Å². The Hall–Kier alpha value is -2.44. The molecule has 0 saturated carbocycles. The maximum absolute atomic E-state index is 5.27. The quantitative estimate of drug-likeness (QED) is 0.385. The van der Waals surface area contributed by atoms with Gasteiger partial charge >= 0.3 is 0 Å². The molecule has 21 heavy (non-hydrogen) atoms. The topological polar surface area (TPSA) is 67.4 Å². The van der Waals surface area contributed by atoms with Crippen molar-refractivity contribution in [3.63, 3.8) is 0 Å². The van der Waals surface area contributed by atoms with Gasteiger partial charge in [-0.05, 0) is 49.0 Å². The second kappa shape index (κ2) is 5.51. The third-order valence-corrected chi connectivity index (χ3v) is 3.44. The summed E-state index contributed by atoms with van der Waals surface area (Å²) >= 11 is 5.01. The van der Waals surface area contributed by atoms with Crippen molar-refractivity contribution in [3.05, 3.63) is 54.4 Å². The van der Waals surface area contributed by atoms with Crippen molar-refractivity contribution in [1.29, 1.82) is 0 Å². The molecule has 4 N–H and O–H groups in total. The SMILES string of the molecule is Cc1ccn2c(-c3cccc(NC(=S)NN)c3)cnc2c1. The lowest BCUT2D eigenvalue weighted by molar-refractivity contribution is 1.04. The minimum absolute atomic E-state index is 0.376. The highest BCUT2D eigenvalue weighted by atomic mass is 32.1. The number of nitrogens with one attached hydrogen (secondary N) is 2. The zero-order valence-electron chi connectivity index (χ0n) is 11.5. The summed E-state index contributed by atoms with van der Waals surface area (Å²) in [5, 5.41) is 3.39. The molecule has 3 aromatic rings. The first kappa shape index (κ1) is 13.5. The van der Waals surface area contributed by atoms with Crippen LogP contribution in [0.3, 0.4) is 0 Å². The van der Waals surface area contributed by atoms with Crippen molar-refractivity contribution in [2.75, 3.05) is 5.32 Å². The summed E-state index contributed by atoms with van der Waals surface area (Å²) in [6, 6.07) is 12.1. The Morgan fingerprint density at radius 1 is 1.29 bits per heavy atom. The van der Waals surface area contributed by atoms with Crippen molar-refractivity contribution in [2.45, 2.75) is 6.92 Å². The van der Waals surface area contributed by atoms with Crippen LogP contribution in [0, 0.1) is 6.92 Å². The Morgan fingerprint density at radius 3 is 2.95 bits per heavy atom. The molecule has 3 rings (SSSR count). The number of aromatic nitrogens is 2. The Morgan fingerprint density at radius 2 is 2.14 bits per heavy atom. The Kier molecular flexibility index (Phi) is 3.55. The normalized spacial score (nSPS) is 10.6. The van der Waals surface area contributed by atoms with E-state index in [0.717, 1.165) is 22.6 Å². The summed E-state index contributed by atoms with van der Waals surface area (Å²) in [5.74, 6) is 5.27. The Bertz CT molecular complexity index is 809. The van der Waals surface area contributed by atoms with Crippen LogP contribution in [0.4, 0.5) is 5.69 Å². The number of imidazole rings is 1. The maximum Gasteiger partial charge on any atom is 0.185 e. The molecule has 0 aliphatic heterocycles. The molecular formula is C15H15N5S. The average molecular weight is 297 g/mol. The monoisotopic (exact) mass is 297 g/mol. The summed E-state index contributed by atoms with van der Waals surface area (Å²) in [6.45, 7) is 2.06. The number of hydrazine groups is 1. The highest BCUT2D eigenvalue weighted by molar-refractivity contribution is 7.80. The van der Waals surface area contributed by atoms with Crippen LogP contribution in [0.1, 0.15) is 5.56 Å². The predicted molar refractivity (Wildman–Crippen MR) is 88.9 cm³/mol. The first-order valence-corrected chi connectivity index (χ1v) is 6.90. The van der Waals surface area contributed by atoms with Gasteiger partial charge in [0.2, 0.25) is 0 Å².